The van der Waals surface area contributed by atoms with Crippen molar-refractivity contribution in [2.24, 2.45) is 5.92 Å². The first-order chi connectivity index (χ1) is 7.29. The summed E-state index contributed by atoms with van der Waals surface area (Å²) in [5, 5.41) is 0. The van der Waals surface area contributed by atoms with Crippen LogP contribution in [-0.4, -0.2) is 0 Å². The number of hydrogen-bond donors (Lipinski definition) is 0. The molecule has 1 unspecified atom stereocenters. The van der Waals surface area contributed by atoms with E-state index in [9.17, 15) is 0 Å². The van der Waals surface area contributed by atoms with Crippen molar-refractivity contribution in [1.82, 2.24) is 0 Å². The molecular formula is C15H22. The SMILES string of the molecule is CCCCC1CCc2cc(C)ccc2C1. The van der Waals surface area contributed by atoms with Crippen molar-refractivity contribution in [3.63, 3.8) is 0 Å². The van der Waals surface area contributed by atoms with Gasteiger partial charge < -0.3 is 0 Å². The largest absolute Gasteiger partial charge is 0.0654 e. The van der Waals surface area contributed by atoms with E-state index in [0.717, 1.165) is 5.92 Å². The minimum atomic E-state index is 0.958. The van der Waals surface area contributed by atoms with Crippen LogP contribution < -0.4 is 0 Å². The predicted octanol–water partition coefficient (Wildman–Crippen LogP) is 4.29. The molecule has 0 heteroatoms. The Balaban J connectivity index is 2.03. The zero-order valence-electron chi connectivity index (χ0n) is 10.1. The second kappa shape index (κ2) is 4.83. The average Bonchev–Trinajstić information content (AvgIpc) is 2.26. The van der Waals surface area contributed by atoms with Crippen LogP contribution in [0.1, 0.15) is 49.3 Å². The average molecular weight is 202 g/mol. The molecule has 0 heterocycles. The summed E-state index contributed by atoms with van der Waals surface area (Å²) in [6, 6.07) is 7.00. The first-order valence-electron chi connectivity index (χ1n) is 6.38. The summed E-state index contributed by atoms with van der Waals surface area (Å²) < 4.78 is 0. The van der Waals surface area contributed by atoms with Crippen molar-refractivity contribution in [3.8, 4) is 0 Å². The lowest BCUT2D eigenvalue weighted by molar-refractivity contribution is 0.413. The number of aryl methyl sites for hydroxylation is 2. The highest BCUT2D eigenvalue weighted by molar-refractivity contribution is 5.33. The minimum Gasteiger partial charge on any atom is -0.0654 e. The fraction of sp³-hybridized carbons (Fsp3) is 0.600. The van der Waals surface area contributed by atoms with Gasteiger partial charge in [-0.2, -0.15) is 0 Å². The summed E-state index contributed by atoms with van der Waals surface area (Å²) in [5.41, 5.74) is 4.65. The highest BCUT2D eigenvalue weighted by Crippen LogP contribution is 2.29. The van der Waals surface area contributed by atoms with Crippen molar-refractivity contribution < 1.29 is 0 Å². The molecule has 0 spiro atoms. The van der Waals surface area contributed by atoms with Crippen LogP contribution >= 0.6 is 0 Å². The van der Waals surface area contributed by atoms with E-state index >= 15 is 0 Å². The zero-order valence-corrected chi connectivity index (χ0v) is 10.1. The summed E-state index contributed by atoms with van der Waals surface area (Å²) in [4.78, 5) is 0. The van der Waals surface area contributed by atoms with Crippen LogP contribution in [0.3, 0.4) is 0 Å². The fourth-order valence-corrected chi connectivity index (χ4v) is 2.70. The molecule has 1 aliphatic carbocycles. The third-order valence-electron chi connectivity index (χ3n) is 3.66. The lowest BCUT2D eigenvalue weighted by Gasteiger charge is -2.24. The van der Waals surface area contributed by atoms with Crippen LogP contribution in [0.5, 0.6) is 0 Å². The number of rotatable bonds is 3. The maximum absolute atomic E-state index is 2.38. The third kappa shape index (κ3) is 2.62. The molecule has 1 atom stereocenters. The van der Waals surface area contributed by atoms with Crippen LogP contribution in [0.2, 0.25) is 0 Å². The molecule has 0 radical (unpaired) electrons. The van der Waals surface area contributed by atoms with Gasteiger partial charge in [0.2, 0.25) is 0 Å². The molecule has 1 aromatic carbocycles. The molecule has 0 bridgehead atoms. The quantitative estimate of drug-likeness (QED) is 0.686. The zero-order chi connectivity index (χ0) is 10.7. The number of unbranched alkanes of at least 4 members (excludes halogenated alkanes) is 1. The molecule has 2 rings (SSSR count). The maximum atomic E-state index is 2.38. The molecule has 1 aliphatic rings. The highest BCUT2D eigenvalue weighted by Gasteiger charge is 2.17. The molecule has 0 aliphatic heterocycles. The summed E-state index contributed by atoms with van der Waals surface area (Å²) in [6.07, 6.45) is 8.24. The van der Waals surface area contributed by atoms with Gasteiger partial charge in [-0.05, 0) is 43.2 Å². The van der Waals surface area contributed by atoms with Gasteiger partial charge in [0, 0.05) is 0 Å². The molecule has 0 fully saturated rings. The summed E-state index contributed by atoms with van der Waals surface area (Å²) in [7, 11) is 0. The van der Waals surface area contributed by atoms with Crippen molar-refractivity contribution in [1.29, 1.82) is 0 Å². The topological polar surface area (TPSA) is 0 Å². The number of benzene rings is 1. The first kappa shape index (κ1) is 10.7. The molecule has 15 heavy (non-hydrogen) atoms. The Morgan fingerprint density at radius 3 is 2.93 bits per heavy atom. The Morgan fingerprint density at radius 1 is 1.27 bits per heavy atom. The van der Waals surface area contributed by atoms with Crippen molar-refractivity contribution in [2.75, 3.05) is 0 Å². The summed E-state index contributed by atoms with van der Waals surface area (Å²) in [5.74, 6) is 0.958. The van der Waals surface area contributed by atoms with Gasteiger partial charge in [-0.1, -0.05) is 49.9 Å². The lowest BCUT2D eigenvalue weighted by Crippen LogP contribution is -2.14. The van der Waals surface area contributed by atoms with Gasteiger partial charge in [-0.25, -0.2) is 0 Å². The summed E-state index contributed by atoms with van der Waals surface area (Å²) in [6.45, 7) is 4.49. The Bertz CT molecular complexity index is 325. The molecule has 0 N–H and O–H groups in total. The van der Waals surface area contributed by atoms with Gasteiger partial charge in [0.1, 0.15) is 0 Å². The van der Waals surface area contributed by atoms with E-state index in [1.54, 1.807) is 11.1 Å². The molecule has 82 valence electrons. The van der Waals surface area contributed by atoms with E-state index < -0.39 is 0 Å². The fourth-order valence-electron chi connectivity index (χ4n) is 2.70. The van der Waals surface area contributed by atoms with E-state index in [1.165, 1.54) is 44.1 Å². The van der Waals surface area contributed by atoms with Crippen LogP contribution in [0.15, 0.2) is 18.2 Å². The molecule has 0 nitrogen and oxygen atoms in total. The second-order valence-corrected chi connectivity index (χ2v) is 5.02. The van der Waals surface area contributed by atoms with Gasteiger partial charge >= 0.3 is 0 Å². The van der Waals surface area contributed by atoms with Crippen molar-refractivity contribution in [2.45, 2.75) is 52.4 Å². The van der Waals surface area contributed by atoms with Gasteiger partial charge in [-0.3, -0.25) is 0 Å². The smallest absolute Gasteiger partial charge is 0.0248 e. The minimum absolute atomic E-state index is 0.958. The molecule has 1 aromatic rings. The Kier molecular flexibility index (Phi) is 3.45. The molecule has 0 amide bonds. The summed E-state index contributed by atoms with van der Waals surface area (Å²) >= 11 is 0. The molecule has 0 saturated heterocycles. The highest BCUT2D eigenvalue weighted by atomic mass is 14.2. The van der Waals surface area contributed by atoms with Crippen molar-refractivity contribution >= 4 is 0 Å². The molecular weight excluding hydrogens is 180 g/mol. The normalized spacial score (nSPS) is 20.0. The van der Waals surface area contributed by atoms with Gasteiger partial charge in [0.25, 0.3) is 0 Å². The Morgan fingerprint density at radius 2 is 2.13 bits per heavy atom. The van der Waals surface area contributed by atoms with Gasteiger partial charge in [0.15, 0.2) is 0 Å². The maximum Gasteiger partial charge on any atom is -0.0248 e. The number of hydrogen-bond acceptors (Lipinski definition) is 0. The Labute approximate surface area is 93.7 Å². The Hall–Kier alpha value is -0.780. The van der Waals surface area contributed by atoms with Gasteiger partial charge in [0.05, 0.1) is 0 Å². The van der Waals surface area contributed by atoms with E-state index in [0.29, 0.717) is 0 Å². The van der Waals surface area contributed by atoms with Crippen LogP contribution in [-0.2, 0) is 12.8 Å². The number of fused-ring (bicyclic) bond motifs is 1. The van der Waals surface area contributed by atoms with Crippen LogP contribution in [0, 0.1) is 12.8 Å². The van der Waals surface area contributed by atoms with E-state index in [4.69, 9.17) is 0 Å². The van der Waals surface area contributed by atoms with Gasteiger partial charge in [-0.15, -0.1) is 0 Å². The van der Waals surface area contributed by atoms with Crippen LogP contribution in [0.25, 0.3) is 0 Å². The third-order valence-corrected chi connectivity index (χ3v) is 3.66. The van der Waals surface area contributed by atoms with E-state index in [-0.39, 0.29) is 0 Å². The predicted molar refractivity (Wildman–Crippen MR) is 66.2 cm³/mol. The monoisotopic (exact) mass is 202 g/mol. The second-order valence-electron chi connectivity index (χ2n) is 5.02. The standard InChI is InChI=1S/C15H22/c1-3-4-5-13-7-9-14-10-12(2)6-8-15(14)11-13/h6,8,10,13H,3-5,7,9,11H2,1-2H3. The lowest BCUT2D eigenvalue weighted by atomic mass is 9.81. The van der Waals surface area contributed by atoms with Crippen LogP contribution in [0.4, 0.5) is 0 Å². The molecule has 0 saturated carbocycles. The molecule has 0 aromatic heterocycles. The van der Waals surface area contributed by atoms with E-state index in [2.05, 4.69) is 32.0 Å². The first-order valence-corrected chi connectivity index (χ1v) is 6.38. The van der Waals surface area contributed by atoms with Crippen molar-refractivity contribution in [3.05, 3.63) is 34.9 Å². The van der Waals surface area contributed by atoms with E-state index in [1.807, 2.05) is 0 Å².